The first kappa shape index (κ1) is 12.9. The molecule has 4 nitrogen and oxygen atoms in total. The minimum absolute atomic E-state index is 0.253. The van der Waals surface area contributed by atoms with E-state index in [2.05, 4.69) is 0 Å². The maximum atomic E-state index is 11.8. The summed E-state index contributed by atoms with van der Waals surface area (Å²) in [6, 6.07) is 6.96. The molecule has 0 amide bonds. The zero-order valence-corrected chi connectivity index (χ0v) is 10.6. The van der Waals surface area contributed by atoms with E-state index < -0.39 is 0 Å². The van der Waals surface area contributed by atoms with Crippen molar-refractivity contribution in [3.05, 3.63) is 29.8 Å². The van der Waals surface area contributed by atoms with E-state index in [1.165, 1.54) is 0 Å². The molecular formula is C14H18O4. The van der Waals surface area contributed by atoms with Gasteiger partial charge in [0.2, 0.25) is 0 Å². The number of methoxy groups -OCH3 is 1. The molecule has 0 radical (unpaired) electrons. The monoisotopic (exact) mass is 250 g/mol. The predicted octanol–water partition coefficient (Wildman–Crippen LogP) is 2.42. The van der Waals surface area contributed by atoms with E-state index in [9.17, 15) is 4.79 Å². The smallest absolute Gasteiger partial charge is 0.338 e. The molecule has 0 saturated carbocycles. The Morgan fingerprint density at radius 1 is 1.50 bits per heavy atom. The highest BCUT2D eigenvalue weighted by atomic mass is 16.5. The first-order valence-electron chi connectivity index (χ1n) is 6.22. The quantitative estimate of drug-likeness (QED) is 0.753. The molecule has 0 N–H and O–H groups in total. The summed E-state index contributed by atoms with van der Waals surface area (Å²) >= 11 is 0. The number of hydrogen-bond donors (Lipinski definition) is 0. The third-order valence-electron chi connectivity index (χ3n) is 3.00. The third kappa shape index (κ3) is 3.47. The first-order valence-corrected chi connectivity index (χ1v) is 6.22. The molecule has 0 bridgehead atoms. The Kier molecular flexibility index (Phi) is 4.59. The number of ether oxygens (including phenoxy) is 3. The van der Waals surface area contributed by atoms with Gasteiger partial charge in [-0.15, -0.1) is 0 Å². The first-order chi connectivity index (χ1) is 8.79. The van der Waals surface area contributed by atoms with Crippen LogP contribution in [-0.2, 0) is 9.47 Å². The highest BCUT2D eigenvalue weighted by molar-refractivity contribution is 5.89. The molecule has 1 saturated heterocycles. The lowest BCUT2D eigenvalue weighted by Gasteiger charge is -2.10. The van der Waals surface area contributed by atoms with Crippen molar-refractivity contribution >= 4 is 5.97 Å². The van der Waals surface area contributed by atoms with Crippen molar-refractivity contribution in [2.75, 3.05) is 20.3 Å². The number of carbonyl (C=O) groups is 1. The molecule has 0 aromatic heterocycles. The summed E-state index contributed by atoms with van der Waals surface area (Å²) in [5.74, 6) is 0.343. The Labute approximate surface area is 107 Å². The molecule has 0 spiro atoms. The summed E-state index contributed by atoms with van der Waals surface area (Å²) < 4.78 is 15.7. The minimum Gasteiger partial charge on any atom is -0.497 e. The van der Waals surface area contributed by atoms with Gasteiger partial charge >= 0.3 is 5.97 Å². The summed E-state index contributed by atoms with van der Waals surface area (Å²) in [5.41, 5.74) is 0.515. The Morgan fingerprint density at radius 2 is 2.39 bits per heavy atom. The molecule has 18 heavy (non-hydrogen) atoms. The number of hydrogen-bond acceptors (Lipinski definition) is 4. The van der Waals surface area contributed by atoms with Gasteiger partial charge in [-0.05, 0) is 31.0 Å². The van der Waals surface area contributed by atoms with Gasteiger partial charge in [0, 0.05) is 13.0 Å². The molecule has 98 valence electrons. The summed E-state index contributed by atoms with van der Waals surface area (Å²) in [7, 11) is 1.57. The van der Waals surface area contributed by atoms with Crippen LogP contribution in [0.2, 0.25) is 0 Å². The molecule has 1 aromatic carbocycles. The van der Waals surface area contributed by atoms with Crippen LogP contribution in [0.3, 0.4) is 0 Å². The molecule has 1 fully saturated rings. The van der Waals surface area contributed by atoms with Crippen molar-refractivity contribution < 1.29 is 19.0 Å². The van der Waals surface area contributed by atoms with E-state index in [0.717, 1.165) is 25.9 Å². The van der Waals surface area contributed by atoms with Crippen LogP contribution in [0.25, 0.3) is 0 Å². The second-order valence-electron chi connectivity index (χ2n) is 4.29. The summed E-state index contributed by atoms with van der Waals surface area (Å²) in [4.78, 5) is 11.8. The standard InChI is InChI=1S/C14H18O4/c1-16-13-5-2-4-11(10-13)14(15)18-9-7-12-6-3-8-17-12/h2,4-5,10,12H,3,6-9H2,1H3. The van der Waals surface area contributed by atoms with Crippen molar-refractivity contribution in [3.8, 4) is 5.75 Å². The van der Waals surface area contributed by atoms with Crippen molar-refractivity contribution in [2.24, 2.45) is 0 Å². The molecule has 1 aromatic rings. The molecule has 1 aliphatic rings. The number of carbonyl (C=O) groups excluding carboxylic acids is 1. The Bertz CT molecular complexity index is 397. The van der Waals surface area contributed by atoms with Crippen molar-refractivity contribution in [3.63, 3.8) is 0 Å². The van der Waals surface area contributed by atoms with Crippen molar-refractivity contribution in [2.45, 2.75) is 25.4 Å². The van der Waals surface area contributed by atoms with Gasteiger partial charge in [0.1, 0.15) is 5.75 Å². The van der Waals surface area contributed by atoms with Gasteiger partial charge in [0.05, 0.1) is 25.4 Å². The van der Waals surface area contributed by atoms with Gasteiger partial charge in [-0.25, -0.2) is 4.79 Å². The Morgan fingerprint density at radius 3 is 3.11 bits per heavy atom. The van der Waals surface area contributed by atoms with Crippen molar-refractivity contribution in [1.82, 2.24) is 0 Å². The molecule has 4 heteroatoms. The molecule has 1 heterocycles. The zero-order valence-electron chi connectivity index (χ0n) is 10.6. The third-order valence-corrected chi connectivity index (χ3v) is 3.00. The van der Waals surface area contributed by atoms with Crippen LogP contribution >= 0.6 is 0 Å². The maximum Gasteiger partial charge on any atom is 0.338 e. The maximum absolute atomic E-state index is 11.8. The largest absolute Gasteiger partial charge is 0.497 e. The number of benzene rings is 1. The fourth-order valence-electron chi connectivity index (χ4n) is 1.99. The van der Waals surface area contributed by atoms with E-state index in [0.29, 0.717) is 17.9 Å². The topological polar surface area (TPSA) is 44.8 Å². The second kappa shape index (κ2) is 6.40. The number of rotatable bonds is 5. The summed E-state index contributed by atoms with van der Waals surface area (Å²) in [6.07, 6.45) is 3.20. The van der Waals surface area contributed by atoms with Crippen LogP contribution in [0.5, 0.6) is 5.75 Å². The summed E-state index contributed by atoms with van der Waals surface area (Å²) in [6.45, 7) is 1.23. The van der Waals surface area contributed by atoms with E-state index in [-0.39, 0.29) is 12.1 Å². The summed E-state index contributed by atoms with van der Waals surface area (Å²) in [5, 5.41) is 0. The van der Waals surface area contributed by atoms with Crippen LogP contribution in [0, 0.1) is 0 Å². The molecular weight excluding hydrogens is 232 g/mol. The van der Waals surface area contributed by atoms with Gasteiger partial charge in [-0.1, -0.05) is 6.07 Å². The molecule has 1 unspecified atom stereocenters. The van der Waals surface area contributed by atoms with E-state index in [4.69, 9.17) is 14.2 Å². The van der Waals surface area contributed by atoms with E-state index >= 15 is 0 Å². The average Bonchev–Trinajstić information content (AvgIpc) is 2.92. The van der Waals surface area contributed by atoms with Gasteiger partial charge in [-0.2, -0.15) is 0 Å². The molecule has 1 aliphatic heterocycles. The van der Waals surface area contributed by atoms with Crippen LogP contribution < -0.4 is 4.74 Å². The van der Waals surface area contributed by atoms with Gasteiger partial charge in [0.15, 0.2) is 0 Å². The van der Waals surface area contributed by atoms with Crippen LogP contribution in [0.15, 0.2) is 24.3 Å². The lowest BCUT2D eigenvalue weighted by atomic mass is 10.2. The Hall–Kier alpha value is -1.55. The Balaban J connectivity index is 1.79. The normalized spacial score (nSPS) is 18.6. The minimum atomic E-state index is -0.313. The predicted molar refractivity (Wildman–Crippen MR) is 66.9 cm³/mol. The average molecular weight is 250 g/mol. The van der Waals surface area contributed by atoms with E-state index in [1.54, 1.807) is 31.4 Å². The second-order valence-corrected chi connectivity index (χ2v) is 4.29. The highest BCUT2D eigenvalue weighted by Crippen LogP contribution is 2.16. The fourth-order valence-corrected chi connectivity index (χ4v) is 1.99. The van der Waals surface area contributed by atoms with Crippen LogP contribution in [0.1, 0.15) is 29.6 Å². The van der Waals surface area contributed by atoms with Crippen LogP contribution in [-0.4, -0.2) is 32.4 Å². The number of esters is 1. The zero-order chi connectivity index (χ0) is 12.8. The fraction of sp³-hybridized carbons (Fsp3) is 0.500. The lowest BCUT2D eigenvalue weighted by molar-refractivity contribution is 0.0385. The van der Waals surface area contributed by atoms with Gasteiger partial charge in [-0.3, -0.25) is 0 Å². The lowest BCUT2D eigenvalue weighted by Crippen LogP contribution is -2.13. The van der Waals surface area contributed by atoms with Gasteiger partial charge < -0.3 is 14.2 Å². The van der Waals surface area contributed by atoms with Crippen molar-refractivity contribution in [1.29, 1.82) is 0 Å². The molecule has 1 atom stereocenters. The van der Waals surface area contributed by atoms with Gasteiger partial charge in [0.25, 0.3) is 0 Å². The molecule has 0 aliphatic carbocycles. The van der Waals surface area contributed by atoms with E-state index in [1.807, 2.05) is 0 Å². The molecule has 2 rings (SSSR count). The SMILES string of the molecule is COc1cccc(C(=O)OCCC2CCCO2)c1. The van der Waals surface area contributed by atoms with Crippen LogP contribution in [0.4, 0.5) is 0 Å². The highest BCUT2D eigenvalue weighted by Gasteiger charge is 2.16.